The van der Waals surface area contributed by atoms with Crippen molar-refractivity contribution in [1.82, 2.24) is 0 Å². The highest BCUT2D eigenvalue weighted by atomic mass is 16.5. The first kappa shape index (κ1) is 10.1. The lowest BCUT2D eigenvalue weighted by Crippen LogP contribution is -2.25. The van der Waals surface area contributed by atoms with Gasteiger partial charge in [0.1, 0.15) is 11.9 Å². The minimum absolute atomic E-state index is 0.165. The molecule has 0 spiro atoms. The van der Waals surface area contributed by atoms with Gasteiger partial charge >= 0.3 is 0 Å². The van der Waals surface area contributed by atoms with E-state index in [9.17, 15) is 5.11 Å². The Labute approximate surface area is 79.2 Å². The largest absolute Gasteiger partial charge is 0.488 e. The minimum atomic E-state index is -0.444. The van der Waals surface area contributed by atoms with Gasteiger partial charge in [-0.15, -0.1) is 0 Å². The van der Waals surface area contributed by atoms with Crippen LogP contribution in [0.15, 0.2) is 24.3 Å². The Morgan fingerprint density at radius 3 is 2.54 bits per heavy atom. The second-order valence-corrected chi connectivity index (χ2v) is 3.38. The van der Waals surface area contributed by atoms with Crippen molar-refractivity contribution in [3.8, 4) is 5.75 Å². The summed E-state index contributed by atoms with van der Waals surface area (Å²) in [6.07, 6.45) is -0.609. The first-order chi connectivity index (χ1) is 6.09. The van der Waals surface area contributed by atoms with Gasteiger partial charge in [-0.05, 0) is 38.5 Å². The zero-order valence-electron chi connectivity index (χ0n) is 8.32. The summed E-state index contributed by atoms with van der Waals surface area (Å²) in [5, 5.41) is 9.23. The Bertz CT molecular complexity index is 269. The molecule has 0 saturated heterocycles. The van der Waals surface area contributed by atoms with Crippen molar-refractivity contribution in [3.05, 3.63) is 29.8 Å². The summed E-state index contributed by atoms with van der Waals surface area (Å²) in [7, 11) is 0. The van der Waals surface area contributed by atoms with Gasteiger partial charge in [0.15, 0.2) is 0 Å². The highest BCUT2D eigenvalue weighted by Crippen LogP contribution is 2.14. The second-order valence-electron chi connectivity index (χ2n) is 3.38. The predicted octanol–water partition coefficient (Wildman–Crippen LogP) is 2.14. The molecule has 1 aromatic carbocycles. The third-order valence-electron chi connectivity index (χ3n) is 1.99. The van der Waals surface area contributed by atoms with Crippen LogP contribution in [-0.2, 0) is 0 Å². The fraction of sp³-hybridized carbons (Fsp3) is 0.455. The fourth-order valence-corrected chi connectivity index (χ4v) is 1.00. The van der Waals surface area contributed by atoms with Crippen LogP contribution in [0.1, 0.15) is 19.4 Å². The Hall–Kier alpha value is -1.02. The van der Waals surface area contributed by atoms with Crippen LogP contribution in [0.2, 0.25) is 0 Å². The maximum atomic E-state index is 9.23. The van der Waals surface area contributed by atoms with E-state index in [4.69, 9.17) is 4.74 Å². The lowest BCUT2D eigenvalue weighted by molar-refractivity contribution is 0.0604. The maximum absolute atomic E-state index is 9.23. The summed E-state index contributed by atoms with van der Waals surface area (Å²) in [4.78, 5) is 0. The number of hydrogen-bond donors (Lipinski definition) is 1. The average Bonchev–Trinajstić information content (AvgIpc) is 2.04. The third-order valence-corrected chi connectivity index (χ3v) is 1.99. The van der Waals surface area contributed by atoms with Crippen LogP contribution < -0.4 is 4.74 Å². The Kier molecular flexibility index (Phi) is 3.32. The van der Waals surface area contributed by atoms with E-state index < -0.39 is 6.10 Å². The van der Waals surface area contributed by atoms with E-state index in [-0.39, 0.29) is 6.10 Å². The van der Waals surface area contributed by atoms with Crippen molar-refractivity contribution < 1.29 is 9.84 Å². The fourth-order valence-electron chi connectivity index (χ4n) is 1.00. The molecule has 2 nitrogen and oxygen atoms in total. The van der Waals surface area contributed by atoms with Gasteiger partial charge in [-0.1, -0.05) is 12.1 Å². The second kappa shape index (κ2) is 4.28. The molecule has 2 heteroatoms. The van der Waals surface area contributed by atoms with E-state index in [1.165, 1.54) is 0 Å². The van der Waals surface area contributed by atoms with E-state index in [2.05, 4.69) is 0 Å². The maximum Gasteiger partial charge on any atom is 0.121 e. The van der Waals surface area contributed by atoms with Crippen LogP contribution in [0, 0.1) is 6.92 Å². The van der Waals surface area contributed by atoms with Gasteiger partial charge in [0.05, 0.1) is 6.10 Å². The molecule has 0 aliphatic rings. The highest BCUT2D eigenvalue weighted by molar-refractivity contribution is 5.27. The summed E-state index contributed by atoms with van der Waals surface area (Å²) < 4.78 is 5.51. The molecule has 0 amide bonds. The van der Waals surface area contributed by atoms with E-state index in [0.717, 1.165) is 11.3 Å². The van der Waals surface area contributed by atoms with Crippen LogP contribution in [0.4, 0.5) is 0 Å². The van der Waals surface area contributed by atoms with Crippen LogP contribution >= 0.6 is 0 Å². The molecule has 2 atom stereocenters. The van der Waals surface area contributed by atoms with E-state index in [1.807, 2.05) is 38.1 Å². The highest BCUT2D eigenvalue weighted by Gasteiger charge is 2.09. The molecule has 0 aliphatic carbocycles. The van der Waals surface area contributed by atoms with E-state index in [0.29, 0.717) is 0 Å². The molecule has 1 unspecified atom stereocenters. The minimum Gasteiger partial charge on any atom is -0.488 e. The Morgan fingerprint density at radius 2 is 2.00 bits per heavy atom. The van der Waals surface area contributed by atoms with Crippen LogP contribution in [-0.4, -0.2) is 17.3 Å². The topological polar surface area (TPSA) is 29.5 Å². The smallest absolute Gasteiger partial charge is 0.121 e. The Morgan fingerprint density at radius 1 is 1.31 bits per heavy atom. The lowest BCUT2D eigenvalue weighted by atomic mass is 10.2. The molecule has 0 bridgehead atoms. The first-order valence-corrected chi connectivity index (χ1v) is 4.51. The summed E-state index contributed by atoms with van der Waals surface area (Å²) >= 11 is 0. The quantitative estimate of drug-likeness (QED) is 0.772. The average molecular weight is 180 g/mol. The normalized spacial score (nSPS) is 15.1. The molecule has 0 fully saturated rings. The number of aryl methyl sites for hydroxylation is 1. The number of aliphatic hydroxyl groups is 1. The number of rotatable bonds is 3. The van der Waals surface area contributed by atoms with Crippen LogP contribution in [0.5, 0.6) is 5.75 Å². The van der Waals surface area contributed by atoms with Gasteiger partial charge in [0, 0.05) is 0 Å². The molecule has 1 N–H and O–H groups in total. The molecule has 1 rings (SSSR count). The molecule has 72 valence electrons. The van der Waals surface area contributed by atoms with Crippen molar-refractivity contribution in [1.29, 1.82) is 0 Å². The summed E-state index contributed by atoms with van der Waals surface area (Å²) in [5.74, 6) is 0.813. The van der Waals surface area contributed by atoms with E-state index >= 15 is 0 Å². The molecule has 0 aromatic heterocycles. The van der Waals surface area contributed by atoms with Crippen LogP contribution in [0.3, 0.4) is 0 Å². The van der Waals surface area contributed by atoms with Gasteiger partial charge in [0.25, 0.3) is 0 Å². The third kappa shape index (κ3) is 3.07. The van der Waals surface area contributed by atoms with Crippen molar-refractivity contribution in [2.24, 2.45) is 0 Å². The number of aliphatic hydroxyl groups excluding tert-OH is 1. The zero-order chi connectivity index (χ0) is 9.84. The standard InChI is InChI=1S/C11H16O2/c1-8-5-4-6-11(7-8)13-10(3)9(2)12/h4-7,9-10,12H,1-3H3/t9-,10?/m0/s1. The van der Waals surface area contributed by atoms with Gasteiger partial charge < -0.3 is 9.84 Å². The number of ether oxygens (including phenoxy) is 1. The Balaban J connectivity index is 2.64. The van der Waals surface area contributed by atoms with Crippen molar-refractivity contribution in [2.45, 2.75) is 33.0 Å². The van der Waals surface area contributed by atoms with Gasteiger partial charge in [0.2, 0.25) is 0 Å². The molecule has 0 radical (unpaired) electrons. The van der Waals surface area contributed by atoms with Crippen molar-refractivity contribution >= 4 is 0 Å². The monoisotopic (exact) mass is 180 g/mol. The summed E-state index contributed by atoms with van der Waals surface area (Å²) in [5.41, 5.74) is 1.16. The molecule has 0 heterocycles. The lowest BCUT2D eigenvalue weighted by Gasteiger charge is -2.17. The van der Waals surface area contributed by atoms with E-state index in [1.54, 1.807) is 6.92 Å². The van der Waals surface area contributed by atoms with Gasteiger partial charge in [-0.3, -0.25) is 0 Å². The van der Waals surface area contributed by atoms with Gasteiger partial charge in [-0.25, -0.2) is 0 Å². The molecule has 13 heavy (non-hydrogen) atoms. The molecule has 0 saturated carbocycles. The van der Waals surface area contributed by atoms with Gasteiger partial charge in [-0.2, -0.15) is 0 Å². The van der Waals surface area contributed by atoms with Crippen molar-refractivity contribution in [2.75, 3.05) is 0 Å². The SMILES string of the molecule is Cc1cccc(OC(C)[C@H](C)O)c1. The predicted molar refractivity (Wildman–Crippen MR) is 52.9 cm³/mol. The summed E-state index contributed by atoms with van der Waals surface area (Å²) in [6, 6.07) is 7.81. The molecular weight excluding hydrogens is 164 g/mol. The van der Waals surface area contributed by atoms with Crippen LogP contribution in [0.25, 0.3) is 0 Å². The number of hydrogen-bond acceptors (Lipinski definition) is 2. The molecule has 1 aromatic rings. The number of benzene rings is 1. The first-order valence-electron chi connectivity index (χ1n) is 4.51. The van der Waals surface area contributed by atoms with Crippen molar-refractivity contribution in [3.63, 3.8) is 0 Å². The summed E-state index contributed by atoms with van der Waals surface area (Å²) in [6.45, 7) is 5.59. The zero-order valence-corrected chi connectivity index (χ0v) is 8.32. The molecule has 0 aliphatic heterocycles. The molecular formula is C11H16O2.